The number of carbonyl (C=O) groups is 2. The molecule has 10 nitrogen and oxygen atoms in total. The van der Waals surface area contributed by atoms with Gasteiger partial charge in [0.1, 0.15) is 29.1 Å². The summed E-state index contributed by atoms with van der Waals surface area (Å²) in [5.41, 5.74) is 0.493. The lowest BCUT2D eigenvalue weighted by Crippen LogP contribution is -2.48. The van der Waals surface area contributed by atoms with Crippen LogP contribution in [0.4, 0.5) is 21.6 Å². The van der Waals surface area contributed by atoms with Crippen molar-refractivity contribution >= 4 is 45.7 Å². The van der Waals surface area contributed by atoms with Crippen LogP contribution in [-0.2, 0) is 9.53 Å². The van der Waals surface area contributed by atoms with Crippen LogP contribution in [0.3, 0.4) is 0 Å². The van der Waals surface area contributed by atoms with Crippen LogP contribution < -0.4 is 16.0 Å². The van der Waals surface area contributed by atoms with Gasteiger partial charge in [0.05, 0.1) is 4.88 Å². The SMILES string of the molecule is Cc1nc(NCCNC(=O)C(C)N(C)C(=O)OC(C)(C)C)cc(Nc2ncc(C3=CC=CCC=C3)s2)n1. The van der Waals surface area contributed by atoms with E-state index in [9.17, 15) is 9.59 Å². The molecule has 3 rings (SSSR count). The number of aryl methyl sites for hydroxylation is 1. The van der Waals surface area contributed by atoms with Crippen molar-refractivity contribution in [1.82, 2.24) is 25.2 Å². The van der Waals surface area contributed by atoms with Crippen molar-refractivity contribution in [2.75, 3.05) is 30.8 Å². The second-order valence-electron chi connectivity index (χ2n) is 9.51. The molecule has 37 heavy (non-hydrogen) atoms. The molecule has 2 heterocycles. The molecule has 2 aromatic rings. The van der Waals surface area contributed by atoms with Gasteiger partial charge in [0.2, 0.25) is 5.91 Å². The summed E-state index contributed by atoms with van der Waals surface area (Å²) in [5, 5.41) is 10.0. The van der Waals surface area contributed by atoms with Crippen LogP contribution >= 0.6 is 11.3 Å². The molecule has 0 aliphatic heterocycles. The number of aromatic nitrogens is 3. The Hall–Kier alpha value is -3.73. The molecule has 198 valence electrons. The van der Waals surface area contributed by atoms with E-state index >= 15 is 0 Å². The quantitative estimate of drug-likeness (QED) is 0.404. The molecule has 0 spiro atoms. The number of rotatable bonds is 9. The molecule has 2 aromatic heterocycles. The van der Waals surface area contributed by atoms with Gasteiger partial charge in [0, 0.05) is 32.4 Å². The van der Waals surface area contributed by atoms with E-state index in [2.05, 4.69) is 61.3 Å². The number of hydrogen-bond acceptors (Lipinski definition) is 9. The van der Waals surface area contributed by atoms with Crippen molar-refractivity contribution in [2.24, 2.45) is 0 Å². The number of thiazole rings is 1. The Labute approximate surface area is 221 Å². The van der Waals surface area contributed by atoms with E-state index in [1.807, 2.05) is 13.1 Å². The lowest BCUT2D eigenvalue weighted by Gasteiger charge is -2.28. The van der Waals surface area contributed by atoms with E-state index in [4.69, 9.17) is 4.74 Å². The second kappa shape index (κ2) is 12.5. The topological polar surface area (TPSA) is 121 Å². The van der Waals surface area contributed by atoms with Crippen LogP contribution in [-0.4, -0.2) is 63.6 Å². The summed E-state index contributed by atoms with van der Waals surface area (Å²) in [6.45, 7) is 9.61. The molecule has 1 aliphatic rings. The zero-order chi connectivity index (χ0) is 27.0. The molecule has 2 amide bonds. The van der Waals surface area contributed by atoms with E-state index < -0.39 is 17.7 Å². The van der Waals surface area contributed by atoms with Crippen molar-refractivity contribution in [3.8, 4) is 0 Å². The summed E-state index contributed by atoms with van der Waals surface area (Å²) in [6.07, 6.45) is 12.7. The van der Waals surface area contributed by atoms with E-state index in [0.29, 0.717) is 30.5 Å². The number of anilines is 3. The highest BCUT2D eigenvalue weighted by Crippen LogP contribution is 2.29. The van der Waals surface area contributed by atoms with Crippen molar-refractivity contribution in [2.45, 2.75) is 52.7 Å². The third-order valence-corrected chi connectivity index (χ3v) is 6.18. The van der Waals surface area contributed by atoms with E-state index in [1.165, 1.54) is 4.90 Å². The number of amides is 2. The molecular weight excluding hydrogens is 490 g/mol. The van der Waals surface area contributed by atoms with Crippen LogP contribution in [0.2, 0.25) is 0 Å². The maximum Gasteiger partial charge on any atom is 0.410 e. The van der Waals surface area contributed by atoms with Gasteiger partial charge < -0.3 is 20.7 Å². The first-order valence-corrected chi connectivity index (χ1v) is 12.9. The highest BCUT2D eigenvalue weighted by Gasteiger charge is 2.26. The zero-order valence-electron chi connectivity index (χ0n) is 22.2. The predicted octanol–water partition coefficient (Wildman–Crippen LogP) is 4.67. The number of likely N-dealkylation sites (N-methyl/N-ethyl adjacent to an activating group) is 1. The Morgan fingerprint density at radius 1 is 1.19 bits per heavy atom. The summed E-state index contributed by atoms with van der Waals surface area (Å²) < 4.78 is 5.32. The van der Waals surface area contributed by atoms with Gasteiger partial charge in [0.25, 0.3) is 0 Å². The maximum absolute atomic E-state index is 12.5. The minimum absolute atomic E-state index is 0.273. The Morgan fingerprint density at radius 2 is 1.95 bits per heavy atom. The van der Waals surface area contributed by atoms with Gasteiger partial charge in [-0.2, -0.15) is 0 Å². The standard InChI is InChI=1S/C26H35N7O3S/c1-17(33(6)25(35)36-26(3,4)5)23(34)28-14-13-27-21-15-22(31-18(2)30-21)32-24-29-16-20(37-24)19-11-9-7-8-10-12-19/h7,9-12,15-17H,8,13-14H2,1-6H3,(H,28,34)(H2,27,29,30,31,32). The Balaban J connectivity index is 1.50. The smallest absolute Gasteiger partial charge is 0.410 e. The minimum atomic E-state index is -0.671. The van der Waals surface area contributed by atoms with Gasteiger partial charge in [-0.05, 0) is 46.6 Å². The first kappa shape index (κ1) is 27.9. The van der Waals surface area contributed by atoms with Crippen molar-refractivity contribution in [3.05, 3.63) is 53.3 Å². The monoisotopic (exact) mass is 525 g/mol. The third-order valence-electron chi connectivity index (χ3n) is 5.22. The van der Waals surface area contributed by atoms with Gasteiger partial charge in [-0.25, -0.2) is 19.7 Å². The first-order valence-electron chi connectivity index (χ1n) is 12.1. The summed E-state index contributed by atoms with van der Waals surface area (Å²) in [4.78, 5) is 40.4. The number of allylic oxidation sites excluding steroid dienone is 6. The van der Waals surface area contributed by atoms with Crippen LogP contribution in [0.15, 0.2) is 42.6 Å². The van der Waals surface area contributed by atoms with Gasteiger partial charge in [-0.3, -0.25) is 9.69 Å². The normalized spacial score (nSPS) is 13.8. The molecule has 0 fully saturated rings. The molecule has 1 aliphatic carbocycles. The molecule has 1 atom stereocenters. The average Bonchev–Trinajstić information content (AvgIpc) is 3.10. The fourth-order valence-corrected chi connectivity index (χ4v) is 4.06. The lowest BCUT2D eigenvalue weighted by atomic mass is 10.2. The van der Waals surface area contributed by atoms with Crippen molar-refractivity contribution in [1.29, 1.82) is 0 Å². The van der Waals surface area contributed by atoms with Gasteiger partial charge >= 0.3 is 6.09 Å². The highest BCUT2D eigenvalue weighted by atomic mass is 32.1. The Morgan fingerprint density at radius 3 is 2.70 bits per heavy atom. The second-order valence-corrected chi connectivity index (χ2v) is 10.5. The largest absolute Gasteiger partial charge is 0.444 e. The number of carbonyl (C=O) groups excluding carboxylic acids is 2. The van der Waals surface area contributed by atoms with Crippen molar-refractivity contribution in [3.63, 3.8) is 0 Å². The Bertz CT molecular complexity index is 1200. The fourth-order valence-electron chi connectivity index (χ4n) is 3.23. The lowest BCUT2D eigenvalue weighted by molar-refractivity contribution is -0.125. The minimum Gasteiger partial charge on any atom is -0.444 e. The van der Waals surface area contributed by atoms with Crippen LogP contribution in [0, 0.1) is 6.92 Å². The van der Waals surface area contributed by atoms with Gasteiger partial charge in [-0.15, -0.1) is 0 Å². The molecule has 0 saturated heterocycles. The van der Waals surface area contributed by atoms with Crippen molar-refractivity contribution < 1.29 is 14.3 Å². The van der Waals surface area contributed by atoms with E-state index in [0.717, 1.165) is 22.0 Å². The van der Waals surface area contributed by atoms with Gasteiger partial charge in [0.15, 0.2) is 5.13 Å². The number of ether oxygens (including phenoxy) is 1. The highest BCUT2D eigenvalue weighted by molar-refractivity contribution is 7.16. The summed E-state index contributed by atoms with van der Waals surface area (Å²) in [7, 11) is 1.54. The summed E-state index contributed by atoms with van der Waals surface area (Å²) in [6, 6.07) is 1.12. The van der Waals surface area contributed by atoms with E-state index in [1.54, 1.807) is 52.1 Å². The maximum atomic E-state index is 12.5. The number of hydrogen-bond donors (Lipinski definition) is 3. The van der Waals surface area contributed by atoms with Crippen LogP contribution in [0.5, 0.6) is 0 Å². The number of nitrogens with zero attached hydrogens (tertiary/aromatic N) is 4. The fraction of sp³-hybridized carbons (Fsp3) is 0.423. The summed E-state index contributed by atoms with van der Waals surface area (Å²) >= 11 is 1.55. The van der Waals surface area contributed by atoms with Crippen LogP contribution in [0.1, 0.15) is 44.8 Å². The van der Waals surface area contributed by atoms with Gasteiger partial charge in [-0.1, -0.05) is 41.7 Å². The molecule has 3 N–H and O–H groups in total. The summed E-state index contributed by atoms with van der Waals surface area (Å²) in [5.74, 6) is 1.57. The molecule has 11 heteroatoms. The molecule has 0 saturated carbocycles. The molecular formula is C26H35N7O3S. The molecule has 1 unspecified atom stereocenters. The zero-order valence-corrected chi connectivity index (χ0v) is 23.0. The molecule has 0 bridgehead atoms. The predicted molar refractivity (Wildman–Crippen MR) is 148 cm³/mol. The molecule has 0 aromatic carbocycles. The average molecular weight is 526 g/mol. The molecule has 0 radical (unpaired) electrons. The number of nitrogens with one attached hydrogen (secondary N) is 3. The van der Waals surface area contributed by atoms with E-state index in [-0.39, 0.29) is 5.91 Å². The first-order chi connectivity index (χ1) is 17.5. The third kappa shape index (κ3) is 8.71. The van der Waals surface area contributed by atoms with Crippen LogP contribution in [0.25, 0.3) is 5.57 Å². The Kier molecular flexibility index (Phi) is 9.40.